The average molecular weight is 362 g/mol. The van der Waals surface area contributed by atoms with Gasteiger partial charge < -0.3 is 5.32 Å². The van der Waals surface area contributed by atoms with Gasteiger partial charge in [-0.1, -0.05) is 54.4 Å². The van der Waals surface area contributed by atoms with Crippen molar-refractivity contribution in [2.75, 3.05) is 0 Å². The summed E-state index contributed by atoms with van der Waals surface area (Å²) in [5.74, 6) is -0.147. The normalized spacial score (nSPS) is 12.4. The van der Waals surface area contributed by atoms with Gasteiger partial charge in [-0.15, -0.1) is 0 Å². The van der Waals surface area contributed by atoms with E-state index in [1.165, 1.54) is 17.2 Å². The molecule has 4 heteroatoms. The molecule has 0 fully saturated rings. The van der Waals surface area contributed by atoms with E-state index in [4.69, 9.17) is 23.2 Å². The molecular formula is C20H21Cl2NO. The van der Waals surface area contributed by atoms with Gasteiger partial charge in [-0.25, -0.2) is 0 Å². The Morgan fingerprint density at radius 2 is 1.88 bits per heavy atom. The average Bonchev–Trinajstić information content (AvgIpc) is 2.54. The van der Waals surface area contributed by atoms with Crippen LogP contribution < -0.4 is 5.32 Å². The Morgan fingerprint density at radius 3 is 2.50 bits per heavy atom. The summed E-state index contributed by atoms with van der Waals surface area (Å²) in [7, 11) is 0. The van der Waals surface area contributed by atoms with Crippen molar-refractivity contribution >= 4 is 35.2 Å². The first kappa shape index (κ1) is 18.6. The number of hydrogen-bond acceptors (Lipinski definition) is 1. The lowest BCUT2D eigenvalue weighted by atomic mass is 9.99. The third-order valence-corrected chi connectivity index (χ3v) is 4.60. The Kier molecular flexibility index (Phi) is 6.47. The fraction of sp³-hybridized carbons (Fsp3) is 0.250. The van der Waals surface area contributed by atoms with Gasteiger partial charge in [0.15, 0.2) is 0 Å². The van der Waals surface area contributed by atoms with E-state index in [9.17, 15) is 4.79 Å². The Bertz CT molecular complexity index is 768. The maximum Gasteiger partial charge on any atom is 0.244 e. The zero-order chi connectivity index (χ0) is 17.7. The molecule has 0 aromatic heterocycles. The zero-order valence-corrected chi connectivity index (χ0v) is 15.6. The van der Waals surface area contributed by atoms with E-state index in [0.29, 0.717) is 10.0 Å². The highest BCUT2D eigenvalue weighted by Gasteiger charge is 2.12. The fourth-order valence-corrected chi connectivity index (χ4v) is 2.90. The second-order valence-corrected chi connectivity index (χ2v) is 6.66. The van der Waals surface area contributed by atoms with E-state index in [0.717, 1.165) is 17.5 Å². The van der Waals surface area contributed by atoms with Crippen LogP contribution in [0.2, 0.25) is 10.0 Å². The molecule has 1 amide bonds. The molecule has 1 atom stereocenters. The standard InChI is InChI=1S/C20H21Cl2NO/c1-4-19(16-6-5-13(2)14(3)11-16)23-20(24)10-8-15-7-9-17(21)12-18(15)22/h5-12,19H,4H2,1-3H3,(H,23,24)/b10-8+/t19-/m1/s1. The summed E-state index contributed by atoms with van der Waals surface area (Å²) in [5.41, 5.74) is 4.35. The van der Waals surface area contributed by atoms with Gasteiger partial charge in [0, 0.05) is 16.1 Å². The van der Waals surface area contributed by atoms with E-state index in [1.54, 1.807) is 24.3 Å². The second kappa shape index (κ2) is 8.36. The largest absolute Gasteiger partial charge is 0.346 e. The van der Waals surface area contributed by atoms with E-state index in [-0.39, 0.29) is 11.9 Å². The second-order valence-electron chi connectivity index (χ2n) is 5.81. The summed E-state index contributed by atoms with van der Waals surface area (Å²) in [4.78, 5) is 12.2. The molecule has 0 aliphatic carbocycles. The minimum absolute atomic E-state index is 0.0119. The summed E-state index contributed by atoms with van der Waals surface area (Å²) in [6.07, 6.45) is 4.02. The number of nitrogens with one attached hydrogen (secondary N) is 1. The lowest BCUT2D eigenvalue weighted by Gasteiger charge is -2.17. The van der Waals surface area contributed by atoms with Crippen molar-refractivity contribution in [3.8, 4) is 0 Å². The van der Waals surface area contributed by atoms with Crippen LogP contribution in [0, 0.1) is 13.8 Å². The maximum atomic E-state index is 12.2. The monoisotopic (exact) mass is 361 g/mol. The SMILES string of the molecule is CC[C@@H](NC(=O)/C=C/c1ccc(Cl)cc1Cl)c1ccc(C)c(C)c1. The van der Waals surface area contributed by atoms with Crippen molar-refractivity contribution in [3.05, 3.63) is 74.8 Å². The molecule has 0 radical (unpaired) electrons. The predicted molar refractivity (Wildman–Crippen MR) is 103 cm³/mol. The molecule has 0 aliphatic rings. The molecular weight excluding hydrogens is 341 g/mol. The van der Waals surface area contributed by atoms with Crippen LogP contribution in [0.1, 0.15) is 41.6 Å². The topological polar surface area (TPSA) is 29.1 Å². The minimum atomic E-state index is -0.147. The highest BCUT2D eigenvalue weighted by atomic mass is 35.5. The van der Waals surface area contributed by atoms with Crippen molar-refractivity contribution in [1.29, 1.82) is 0 Å². The first-order chi connectivity index (χ1) is 11.4. The first-order valence-electron chi connectivity index (χ1n) is 7.91. The molecule has 2 aromatic rings. The van der Waals surface area contributed by atoms with E-state index >= 15 is 0 Å². The molecule has 0 spiro atoms. The molecule has 126 valence electrons. The van der Waals surface area contributed by atoms with E-state index in [2.05, 4.69) is 44.3 Å². The van der Waals surface area contributed by atoms with Crippen molar-refractivity contribution in [3.63, 3.8) is 0 Å². The third-order valence-electron chi connectivity index (χ3n) is 4.03. The molecule has 0 bridgehead atoms. The minimum Gasteiger partial charge on any atom is -0.346 e. The number of carbonyl (C=O) groups excluding carboxylic acids is 1. The zero-order valence-electron chi connectivity index (χ0n) is 14.1. The van der Waals surface area contributed by atoms with E-state index < -0.39 is 0 Å². The highest BCUT2D eigenvalue weighted by molar-refractivity contribution is 6.35. The Labute approximate surface area is 153 Å². The molecule has 24 heavy (non-hydrogen) atoms. The Hall–Kier alpha value is -1.77. The van der Waals surface area contributed by atoms with Crippen LogP contribution in [-0.2, 0) is 4.79 Å². The van der Waals surface area contributed by atoms with Crippen LogP contribution in [0.4, 0.5) is 0 Å². The summed E-state index contributed by atoms with van der Waals surface area (Å²) >= 11 is 12.0. The van der Waals surface area contributed by atoms with Gasteiger partial charge in [-0.3, -0.25) is 4.79 Å². The number of rotatable bonds is 5. The van der Waals surface area contributed by atoms with Crippen molar-refractivity contribution in [2.24, 2.45) is 0 Å². The quantitative estimate of drug-likeness (QED) is 0.660. The van der Waals surface area contributed by atoms with Gasteiger partial charge in [-0.2, -0.15) is 0 Å². The highest BCUT2D eigenvalue weighted by Crippen LogP contribution is 2.22. The first-order valence-corrected chi connectivity index (χ1v) is 8.67. The van der Waals surface area contributed by atoms with Crippen LogP contribution >= 0.6 is 23.2 Å². The summed E-state index contributed by atoms with van der Waals surface area (Å²) in [5, 5.41) is 4.13. The van der Waals surface area contributed by atoms with Crippen LogP contribution in [0.25, 0.3) is 6.08 Å². The fourth-order valence-electron chi connectivity index (χ4n) is 2.42. The van der Waals surface area contributed by atoms with Gasteiger partial charge in [0.2, 0.25) is 5.91 Å². The maximum absolute atomic E-state index is 12.2. The summed E-state index contributed by atoms with van der Waals surface area (Å²) in [6.45, 7) is 6.22. The molecule has 2 aromatic carbocycles. The molecule has 2 nitrogen and oxygen atoms in total. The molecule has 0 saturated heterocycles. The van der Waals surface area contributed by atoms with Crippen molar-refractivity contribution in [1.82, 2.24) is 5.32 Å². The number of hydrogen-bond donors (Lipinski definition) is 1. The van der Waals surface area contributed by atoms with Crippen LogP contribution in [0.3, 0.4) is 0 Å². The van der Waals surface area contributed by atoms with Crippen LogP contribution in [-0.4, -0.2) is 5.91 Å². The molecule has 0 unspecified atom stereocenters. The summed E-state index contributed by atoms with van der Waals surface area (Å²) in [6, 6.07) is 11.5. The van der Waals surface area contributed by atoms with Gasteiger partial charge in [-0.05, 0) is 60.7 Å². The smallest absolute Gasteiger partial charge is 0.244 e. The lowest BCUT2D eigenvalue weighted by Crippen LogP contribution is -2.26. The van der Waals surface area contributed by atoms with Crippen LogP contribution in [0.5, 0.6) is 0 Å². The van der Waals surface area contributed by atoms with Crippen molar-refractivity contribution < 1.29 is 4.79 Å². The third kappa shape index (κ3) is 4.86. The van der Waals surface area contributed by atoms with E-state index in [1.807, 2.05) is 0 Å². The number of amides is 1. The predicted octanol–water partition coefficient (Wildman–Crippen LogP) is 5.89. The molecule has 1 N–H and O–H groups in total. The molecule has 0 saturated carbocycles. The van der Waals surface area contributed by atoms with Gasteiger partial charge in [0.05, 0.1) is 6.04 Å². The number of aryl methyl sites for hydroxylation is 2. The Morgan fingerprint density at radius 1 is 1.12 bits per heavy atom. The van der Waals surface area contributed by atoms with Gasteiger partial charge in [0.1, 0.15) is 0 Å². The molecule has 2 rings (SSSR count). The number of benzene rings is 2. The molecule has 0 aliphatic heterocycles. The summed E-state index contributed by atoms with van der Waals surface area (Å²) < 4.78 is 0. The van der Waals surface area contributed by atoms with Crippen LogP contribution in [0.15, 0.2) is 42.5 Å². The van der Waals surface area contributed by atoms with Crippen molar-refractivity contribution in [2.45, 2.75) is 33.2 Å². The Balaban J connectivity index is 2.08. The lowest BCUT2D eigenvalue weighted by molar-refractivity contribution is -0.117. The number of carbonyl (C=O) groups is 1. The van der Waals surface area contributed by atoms with Gasteiger partial charge >= 0.3 is 0 Å². The number of halogens is 2. The van der Waals surface area contributed by atoms with Gasteiger partial charge in [0.25, 0.3) is 0 Å². The molecule has 0 heterocycles.